The fourth-order valence-corrected chi connectivity index (χ4v) is 1.30. The number of benzene rings is 1. The lowest BCUT2D eigenvalue weighted by Gasteiger charge is -2.06. The summed E-state index contributed by atoms with van der Waals surface area (Å²) in [5.41, 5.74) is 0. The zero-order valence-electron chi connectivity index (χ0n) is 8.53. The SMILES string of the molecule is SNc1nc(NS)nc(Oc2ccccc2)n1. The minimum atomic E-state index is 0.152. The zero-order chi connectivity index (χ0) is 12.1. The van der Waals surface area contributed by atoms with Crippen molar-refractivity contribution in [2.24, 2.45) is 0 Å². The first kappa shape index (κ1) is 11.8. The summed E-state index contributed by atoms with van der Waals surface area (Å²) in [4.78, 5) is 11.9. The molecule has 17 heavy (non-hydrogen) atoms. The van der Waals surface area contributed by atoms with Crippen molar-refractivity contribution in [3.8, 4) is 11.8 Å². The van der Waals surface area contributed by atoms with E-state index in [9.17, 15) is 0 Å². The van der Waals surface area contributed by atoms with Gasteiger partial charge in [0.2, 0.25) is 11.9 Å². The predicted octanol–water partition coefficient (Wildman–Crippen LogP) is 2.18. The lowest BCUT2D eigenvalue weighted by Crippen LogP contribution is -2.01. The zero-order valence-corrected chi connectivity index (χ0v) is 10.3. The lowest BCUT2D eigenvalue weighted by atomic mass is 10.3. The first-order valence-corrected chi connectivity index (χ1v) is 5.50. The topological polar surface area (TPSA) is 72.0 Å². The maximum atomic E-state index is 5.45. The molecule has 0 unspecified atom stereocenters. The number of hydrogen-bond acceptors (Lipinski definition) is 8. The summed E-state index contributed by atoms with van der Waals surface area (Å²) >= 11 is 7.72. The fourth-order valence-electron chi connectivity index (χ4n) is 1.10. The average Bonchev–Trinajstić information content (AvgIpc) is 2.39. The second kappa shape index (κ2) is 5.60. The van der Waals surface area contributed by atoms with Crippen LogP contribution in [0.25, 0.3) is 0 Å². The summed E-state index contributed by atoms with van der Waals surface area (Å²) in [6.07, 6.45) is 0. The Bertz CT molecular complexity index is 474. The number of anilines is 2. The van der Waals surface area contributed by atoms with Gasteiger partial charge in [-0.1, -0.05) is 43.8 Å². The molecule has 6 nitrogen and oxygen atoms in total. The number of para-hydroxylation sites is 1. The molecule has 0 amide bonds. The van der Waals surface area contributed by atoms with Gasteiger partial charge in [0.25, 0.3) is 0 Å². The molecule has 0 aliphatic heterocycles. The van der Waals surface area contributed by atoms with Crippen molar-refractivity contribution in [1.29, 1.82) is 0 Å². The molecule has 0 aliphatic carbocycles. The highest BCUT2D eigenvalue weighted by Crippen LogP contribution is 2.19. The fraction of sp³-hybridized carbons (Fsp3) is 0. The highest BCUT2D eigenvalue weighted by Gasteiger charge is 2.06. The number of nitrogens with zero attached hydrogens (tertiary/aromatic N) is 3. The number of ether oxygens (including phenoxy) is 1. The number of nitrogens with one attached hydrogen (secondary N) is 2. The van der Waals surface area contributed by atoms with Gasteiger partial charge in [0.15, 0.2) is 0 Å². The molecule has 1 heterocycles. The molecular formula is C9H9N5OS2. The summed E-state index contributed by atoms with van der Waals surface area (Å²) in [7, 11) is 0. The van der Waals surface area contributed by atoms with E-state index in [1.54, 1.807) is 12.1 Å². The number of aromatic nitrogens is 3. The van der Waals surface area contributed by atoms with Crippen LogP contribution < -0.4 is 14.2 Å². The molecule has 2 rings (SSSR count). The molecule has 0 radical (unpaired) electrons. The van der Waals surface area contributed by atoms with Gasteiger partial charge in [0, 0.05) is 0 Å². The normalized spacial score (nSPS) is 9.76. The van der Waals surface area contributed by atoms with Crippen LogP contribution >= 0.6 is 25.6 Å². The molecule has 0 saturated carbocycles. The molecule has 1 aromatic carbocycles. The van der Waals surface area contributed by atoms with Crippen molar-refractivity contribution in [3.63, 3.8) is 0 Å². The van der Waals surface area contributed by atoms with Crippen molar-refractivity contribution in [3.05, 3.63) is 30.3 Å². The molecule has 0 aliphatic rings. The third kappa shape index (κ3) is 3.14. The van der Waals surface area contributed by atoms with E-state index in [1.807, 2.05) is 18.2 Å². The molecule has 88 valence electrons. The van der Waals surface area contributed by atoms with Gasteiger partial charge in [-0.3, -0.25) is 0 Å². The van der Waals surface area contributed by atoms with E-state index in [4.69, 9.17) is 4.74 Å². The first-order valence-electron chi connectivity index (χ1n) is 4.61. The molecule has 8 heteroatoms. The molecular weight excluding hydrogens is 258 g/mol. The van der Waals surface area contributed by atoms with Crippen LogP contribution in [-0.2, 0) is 0 Å². The number of rotatable bonds is 4. The summed E-state index contributed by atoms with van der Waals surface area (Å²) in [5, 5.41) is 0. The van der Waals surface area contributed by atoms with Crippen LogP contribution in [0.1, 0.15) is 0 Å². The monoisotopic (exact) mass is 267 g/mol. The van der Waals surface area contributed by atoms with Crippen LogP contribution in [0, 0.1) is 0 Å². The van der Waals surface area contributed by atoms with E-state index in [-0.39, 0.29) is 17.9 Å². The molecule has 0 bridgehead atoms. The van der Waals surface area contributed by atoms with Gasteiger partial charge in [-0.25, -0.2) is 0 Å². The van der Waals surface area contributed by atoms with Gasteiger partial charge in [0.1, 0.15) is 5.75 Å². The van der Waals surface area contributed by atoms with Crippen molar-refractivity contribution in [2.75, 3.05) is 9.44 Å². The van der Waals surface area contributed by atoms with Crippen molar-refractivity contribution in [1.82, 2.24) is 15.0 Å². The highest BCUT2D eigenvalue weighted by molar-refractivity contribution is 7.81. The number of thiol groups is 2. The second-order valence-electron chi connectivity index (χ2n) is 2.90. The standard InChI is InChI=1S/C9H9N5OS2/c16-13-7-10-8(14-17)12-9(11-7)15-6-4-2-1-3-5-6/h1-5,16-17H,(H2,10,11,12,13,14). The van der Waals surface area contributed by atoms with E-state index >= 15 is 0 Å². The van der Waals surface area contributed by atoms with Crippen LogP contribution in [0.15, 0.2) is 30.3 Å². The van der Waals surface area contributed by atoms with Gasteiger partial charge in [-0.05, 0) is 12.1 Å². The van der Waals surface area contributed by atoms with Gasteiger partial charge >= 0.3 is 6.01 Å². The minimum absolute atomic E-state index is 0.152. The van der Waals surface area contributed by atoms with E-state index in [2.05, 4.69) is 50.0 Å². The minimum Gasteiger partial charge on any atom is -0.424 e. The summed E-state index contributed by atoms with van der Waals surface area (Å²) in [6, 6.07) is 9.34. The van der Waals surface area contributed by atoms with Gasteiger partial charge in [0.05, 0.1) is 0 Å². The van der Waals surface area contributed by atoms with Gasteiger partial charge in [-0.15, -0.1) is 0 Å². The largest absolute Gasteiger partial charge is 0.424 e. The van der Waals surface area contributed by atoms with Crippen molar-refractivity contribution in [2.45, 2.75) is 0 Å². The Kier molecular flexibility index (Phi) is 3.89. The lowest BCUT2D eigenvalue weighted by molar-refractivity contribution is 0.442. The van der Waals surface area contributed by atoms with Crippen LogP contribution in [0.4, 0.5) is 11.9 Å². The Morgan fingerprint density at radius 1 is 0.882 bits per heavy atom. The quantitative estimate of drug-likeness (QED) is 0.636. The first-order chi connectivity index (χ1) is 8.31. The van der Waals surface area contributed by atoms with E-state index in [0.717, 1.165) is 0 Å². The maximum absolute atomic E-state index is 5.45. The number of hydrogen-bond donors (Lipinski definition) is 4. The predicted molar refractivity (Wildman–Crippen MR) is 71.6 cm³/mol. The van der Waals surface area contributed by atoms with E-state index in [1.165, 1.54) is 0 Å². The maximum Gasteiger partial charge on any atom is 0.328 e. The third-order valence-corrected chi connectivity index (χ3v) is 2.17. The Morgan fingerprint density at radius 3 is 2.00 bits per heavy atom. The van der Waals surface area contributed by atoms with Crippen LogP contribution in [0.2, 0.25) is 0 Å². The molecule has 0 spiro atoms. The molecule has 2 aromatic rings. The molecule has 2 N–H and O–H groups in total. The molecule has 1 aromatic heterocycles. The third-order valence-electron chi connectivity index (χ3n) is 1.77. The van der Waals surface area contributed by atoms with Crippen LogP contribution in [0.5, 0.6) is 11.8 Å². The van der Waals surface area contributed by atoms with E-state index < -0.39 is 0 Å². The van der Waals surface area contributed by atoms with Crippen molar-refractivity contribution >= 4 is 37.5 Å². The molecule has 0 fully saturated rings. The second-order valence-corrected chi connectivity index (χ2v) is 3.35. The van der Waals surface area contributed by atoms with Crippen LogP contribution in [0.3, 0.4) is 0 Å². The highest BCUT2D eigenvalue weighted by atomic mass is 32.1. The van der Waals surface area contributed by atoms with E-state index in [0.29, 0.717) is 5.75 Å². The Hall–Kier alpha value is -1.67. The summed E-state index contributed by atoms with van der Waals surface area (Å²) in [5.74, 6) is 1.17. The average molecular weight is 267 g/mol. The van der Waals surface area contributed by atoms with Crippen LogP contribution in [-0.4, -0.2) is 15.0 Å². The van der Waals surface area contributed by atoms with Crippen molar-refractivity contribution < 1.29 is 4.74 Å². The summed E-state index contributed by atoms with van der Waals surface area (Å²) < 4.78 is 10.5. The smallest absolute Gasteiger partial charge is 0.328 e. The Labute approximate surface area is 109 Å². The molecule has 0 saturated heterocycles. The summed E-state index contributed by atoms with van der Waals surface area (Å²) in [6.45, 7) is 0. The molecule has 0 atom stereocenters. The van der Waals surface area contributed by atoms with Gasteiger partial charge in [-0.2, -0.15) is 15.0 Å². The van der Waals surface area contributed by atoms with Gasteiger partial charge < -0.3 is 14.2 Å². The Morgan fingerprint density at radius 2 is 1.47 bits per heavy atom. The Balaban J connectivity index is 2.26.